The average molecular weight is 276 g/mol. The fraction of sp³-hybridized carbons (Fsp3) is 0.500. The van der Waals surface area contributed by atoms with Gasteiger partial charge in [0.05, 0.1) is 13.2 Å². The van der Waals surface area contributed by atoms with Crippen LogP contribution < -0.4 is 5.32 Å². The molecule has 1 aromatic heterocycles. The van der Waals surface area contributed by atoms with Gasteiger partial charge in [-0.3, -0.25) is 4.90 Å². The molecule has 1 N–H and O–H groups in total. The van der Waals surface area contributed by atoms with Gasteiger partial charge in [-0.05, 0) is 32.2 Å². The first-order chi connectivity index (χ1) is 9.69. The van der Waals surface area contributed by atoms with E-state index in [1.807, 2.05) is 6.07 Å². The van der Waals surface area contributed by atoms with Crippen LogP contribution in [0.1, 0.15) is 11.3 Å². The molecule has 20 heavy (non-hydrogen) atoms. The number of ether oxygens (including phenoxy) is 1. The van der Waals surface area contributed by atoms with Crippen molar-refractivity contribution in [3.8, 4) is 0 Å². The summed E-state index contributed by atoms with van der Waals surface area (Å²) in [6.07, 6.45) is 0. The van der Waals surface area contributed by atoms with E-state index in [0.29, 0.717) is 0 Å². The van der Waals surface area contributed by atoms with E-state index in [1.54, 1.807) is 7.11 Å². The Bertz CT molecular complexity index is 536. The molecule has 110 valence electrons. The van der Waals surface area contributed by atoms with Gasteiger partial charge in [0.25, 0.3) is 0 Å². The van der Waals surface area contributed by atoms with E-state index in [4.69, 9.17) is 9.15 Å². The van der Waals surface area contributed by atoms with Crippen molar-refractivity contribution >= 4 is 11.0 Å². The molecule has 0 saturated heterocycles. The zero-order valence-corrected chi connectivity index (χ0v) is 12.6. The maximum atomic E-state index is 5.86. The minimum absolute atomic E-state index is 0.757. The van der Waals surface area contributed by atoms with Gasteiger partial charge in [-0.2, -0.15) is 0 Å². The molecule has 4 nitrogen and oxygen atoms in total. The summed E-state index contributed by atoms with van der Waals surface area (Å²) >= 11 is 0. The zero-order chi connectivity index (χ0) is 14.4. The quantitative estimate of drug-likeness (QED) is 0.751. The van der Waals surface area contributed by atoms with E-state index in [0.717, 1.165) is 44.1 Å². The lowest BCUT2D eigenvalue weighted by Gasteiger charge is -2.15. The second kappa shape index (κ2) is 7.43. The van der Waals surface area contributed by atoms with Crippen LogP contribution in [0.25, 0.3) is 11.0 Å². The van der Waals surface area contributed by atoms with Crippen molar-refractivity contribution in [3.63, 3.8) is 0 Å². The number of benzene rings is 1. The maximum Gasteiger partial charge on any atom is 0.134 e. The third-order valence-electron chi connectivity index (χ3n) is 3.30. The molecule has 4 heteroatoms. The number of hydrogen-bond acceptors (Lipinski definition) is 4. The lowest BCUT2D eigenvalue weighted by Crippen LogP contribution is -2.30. The van der Waals surface area contributed by atoms with Crippen molar-refractivity contribution < 1.29 is 9.15 Å². The van der Waals surface area contributed by atoms with Crippen LogP contribution >= 0.6 is 0 Å². The van der Waals surface area contributed by atoms with Crippen molar-refractivity contribution in [1.82, 2.24) is 10.2 Å². The summed E-state index contributed by atoms with van der Waals surface area (Å²) in [6, 6.07) is 8.42. The average Bonchev–Trinajstić information content (AvgIpc) is 2.79. The fourth-order valence-electron chi connectivity index (χ4n) is 2.21. The summed E-state index contributed by atoms with van der Waals surface area (Å²) in [5, 5.41) is 4.53. The van der Waals surface area contributed by atoms with Crippen molar-refractivity contribution in [1.29, 1.82) is 0 Å². The summed E-state index contributed by atoms with van der Waals surface area (Å²) in [7, 11) is 3.83. The molecule has 0 aliphatic rings. The van der Waals surface area contributed by atoms with Gasteiger partial charge in [-0.15, -0.1) is 0 Å². The highest BCUT2D eigenvalue weighted by Gasteiger charge is 2.06. The molecule has 0 amide bonds. The van der Waals surface area contributed by atoms with Crippen molar-refractivity contribution in [2.24, 2.45) is 0 Å². The molecular weight excluding hydrogens is 252 g/mol. The normalized spacial score (nSPS) is 11.6. The molecule has 0 bridgehead atoms. The highest BCUT2D eigenvalue weighted by Crippen LogP contribution is 2.21. The number of aryl methyl sites for hydroxylation is 1. The number of hydrogen-bond donors (Lipinski definition) is 1. The number of methoxy groups -OCH3 is 1. The molecule has 2 rings (SSSR count). The second-order valence-corrected chi connectivity index (χ2v) is 5.23. The standard InChI is InChI=1S/C16H24N2O2/c1-13-4-5-16-14(10-13)11-15(20-16)12-18(2)8-6-17-7-9-19-3/h4-5,10-11,17H,6-9,12H2,1-3H3. The van der Waals surface area contributed by atoms with Crippen molar-refractivity contribution in [2.75, 3.05) is 40.4 Å². The molecule has 0 unspecified atom stereocenters. The molecule has 2 aromatic rings. The van der Waals surface area contributed by atoms with E-state index in [9.17, 15) is 0 Å². The molecule has 0 radical (unpaired) electrons. The lowest BCUT2D eigenvalue weighted by atomic mass is 10.2. The van der Waals surface area contributed by atoms with E-state index in [-0.39, 0.29) is 0 Å². The maximum absolute atomic E-state index is 5.86. The summed E-state index contributed by atoms with van der Waals surface area (Å²) < 4.78 is 10.9. The molecule has 0 atom stereocenters. The third kappa shape index (κ3) is 4.34. The number of fused-ring (bicyclic) bond motifs is 1. The van der Waals surface area contributed by atoms with Gasteiger partial charge in [-0.1, -0.05) is 11.6 Å². The summed E-state index contributed by atoms with van der Waals surface area (Å²) in [5.74, 6) is 1.02. The van der Waals surface area contributed by atoms with Crippen LogP contribution in [-0.4, -0.2) is 45.3 Å². The van der Waals surface area contributed by atoms with Gasteiger partial charge in [0.2, 0.25) is 0 Å². The minimum Gasteiger partial charge on any atom is -0.460 e. The SMILES string of the molecule is COCCNCCN(C)Cc1cc2cc(C)ccc2o1. The predicted octanol–water partition coefficient (Wildman–Crippen LogP) is 2.41. The Balaban J connectivity index is 1.81. The van der Waals surface area contributed by atoms with Gasteiger partial charge in [0.15, 0.2) is 0 Å². The Morgan fingerprint density at radius 2 is 2.10 bits per heavy atom. The van der Waals surface area contributed by atoms with Gasteiger partial charge in [0.1, 0.15) is 11.3 Å². The van der Waals surface area contributed by atoms with Crippen LogP contribution in [0.2, 0.25) is 0 Å². The molecule has 1 aromatic carbocycles. The number of likely N-dealkylation sites (N-methyl/N-ethyl adjacent to an activating group) is 1. The van der Waals surface area contributed by atoms with Gasteiger partial charge in [-0.25, -0.2) is 0 Å². The van der Waals surface area contributed by atoms with Crippen LogP contribution in [-0.2, 0) is 11.3 Å². The van der Waals surface area contributed by atoms with Crippen LogP contribution in [0.4, 0.5) is 0 Å². The Morgan fingerprint density at radius 3 is 2.90 bits per heavy atom. The van der Waals surface area contributed by atoms with Gasteiger partial charge in [0, 0.05) is 32.1 Å². The summed E-state index contributed by atoms with van der Waals surface area (Å²) in [6.45, 7) is 6.53. The number of nitrogens with one attached hydrogen (secondary N) is 1. The zero-order valence-electron chi connectivity index (χ0n) is 12.6. The monoisotopic (exact) mass is 276 g/mol. The van der Waals surface area contributed by atoms with Gasteiger partial charge >= 0.3 is 0 Å². The van der Waals surface area contributed by atoms with E-state index in [1.165, 1.54) is 10.9 Å². The smallest absolute Gasteiger partial charge is 0.134 e. The second-order valence-electron chi connectivity index (χ2n) is 5.23. The Hall–Kier alpha value is -1.36. The van der Waals surface area contributed by atoms with Crippen LogP contribution in [0.3, 0.4) is 0 Å². The van der Waals surface area contributed by atoms with Crippen molar-refractivity contribution in [2.45, 2.75) is 13.5 Å². The van der Waals surface area contributed by atoms with E-state index >= 15 is 0 Å². The molecule has 1 heterocycles. The van der Waals surface area contributed by atoms with Crippen LogP contribution in [0.5, 0.6) is 0 Å². The van der Waals surface area contributed by atoms with E-state index in [2.05, 4.69) is 42.4 Å². The summed E-state index contributed by atoms with van der Waals surface area (Å²) in [4.78, 5) is 2.25. The van der Waals surface area contributed by atoms with Crippen molar-refractivity contribution in [3.05, 3.63) is 35.6 Å². The largest absolute Gasteiger partial charge is 0.460 e. The lowest BCUT2D eigenvalue weighted by molar-refractivity contribution is 0.197. The Morgan fingerprint density at radius 1 is 1.25 bits per heavy atom. The van der Waals surface area contributed by atoms with Gasteiger partial charge < -0.3 is 14.5 Å². The Labute approximate surface area is 120 Å². The first kappa shape index (κ1) is 15.0. The summed E-state index contributed by atoms with van der Waals surface area (Å²) in [5.41, 5.74) is 2.23. The first-order valence-electron chi connectivity index (χ1n) is 7.06. The van der Waals surface area contributed by atoms with Crippen LogP contribution in [0, 0.1) is 6.92 Å². The third-order valence-corrected chi connectivity index (χ3v) is 3.30. The number of rotatable bonds is 8. The molecule has 0 fully saturated rings. The molecule has 0 aliphatic carbocycles. The van der Waals surface area contributed by atoms with E-state index < -0.39 is 0 Å². The molecule has 0 saturated carbocycles. The molecule has 0 aliphatic heterocycles. The predicted molar refractivity (Wildman–Crippen MR) is 82.0 cm³/mol. The minimum atomic E-state index is 0.757. The molecule has 0 spiro atoms. The molecular formula is C16H24N2O2. The number of furan rings is 1. The highest BCUT2D eigenvalue weighted by molar-refractivity contribution is 5.78. The topological polar surface area (TPSA) is 37.6 Å². The highest BCUT2D eigenvalue weighted by atomic mass is 16.5. The Kier molecular flexibility index (Phi) is 5.59. The first-order valence-corrected chi connectivity index (χ1v) is 7.06. The fourth-order valence-corrected chi connectivity index (χ4v) is 2.21. The van der Waals surface area contributed by atoms with Crippen LogP contribution in [0.15, 0.2) is 28.7 Å². The number of nitrogens with zero attached hydrogens (tertiary/aromatic N) is 1.